The van der Waals surface area contributed by atoms with Crippen molar-refractivity contribution in [1.82, 2.24) is 13.6 Å². The van der Waals surface area contributed by atoms with Gasteiger partial charge in [-0.05, 0) is 0 Å². The second-order valence-corrected chi connectivity index (χ2v) is 3.61. The number of nitrogens with zero attached hydrogens (tertiary/aromatic N) is 3. The minimum absolute atomic E-state index is 0.0848. The molecule has 1 aromatic heterocycles. The van der Waals surface area contributed by atoms with Gasteiger partial charge in [-0.25, -0.2) is 0 Å². The summed E-state index contributed by atoms with van der Waals surface area (Å²) in [7, 11) is 0. The number of aliphatic hydroxyl groups is 1. The van der Waals surface area contributed by atoms with Crippen LogP contribution in [0.4, 0.5) is 0 Å². The molecule has 5 nitrogen and oxygen atoms in total. The van der Waals surface area contributed by atoms with E-state index in [9.17, 15) is 4.79 Å². The summed E-state index contributed by atoms with van der Waals surface area (Å²) < 4.78 is 7.60. The van der Waals surface area contributed by atoms with Crippen LogP contribution in [0.5, 0.6) is 0 Å². The lowest BCUT2D eigenvalue weighted by Gasteiger charge is -2.37. The Morgan fingerprint density at radius 3 is 3.08 bits per heavy atom. The maximum Gasteiger partial charge on any atom is 0.275 e. The third kappa shape index (κ3) is 1.54. The van der Waals surface area contributed by atoms with E-state index < -0.39 is 0 Å². The Morgan fingerprint density at radius 1 is 1.77 bits per heavy atom. The molecule has 13 heavy (non-hydrogen) atoms. The van der Waals surface area contributed by atoms with Crippen LogP contribution in [0.25, 0.3) is 0 Å². The van der Waals surface area contributed by atoms with E-state index >= 15 is 0 Å². The Hall–Kier alpha value is -1.01. The van der Waals surface area contributed by atoms with Crippen LogP contribution >= 0.6 is 11.7 Å². The highest BCUT2D eigenvalue weighted by molar-refractivity contribution is 6.99. The summed E-state index contributed by atoms with van der Waals surface area (Å²) in [6.07, 6.45) is 1.47. The van der Waals surface area contributed by atoms with Crippen LogP contribution < -0.4 is 0 Å². The van der Waals surface area contributed by atoms with Gasteiger partial charge >= 0.3 is 0 Å². The molecule has 0 unspecified atom stereocenters. The quantitative estimate of drug-likeness (QED) is 0.704. The first-order valence-electron chi connectivity index (χ1n) is 3.99. The number of aliphatic hydroxyl groups excluding tert-OH is 1. The summed E-state index contributed by atoms with van der Waals surface area (Å²) in [5.41, 5.74) is 0.404. The van der Waals surface area contributed by atoms with Crippen LogP contribution in [0.2, 0.25) is 0 Å². The minimum Gasteiger partial charge on any atom is -0.396 e. The zero-order chi connectivity index (χ0) is 9.26. The van der Waals surface area contributed by atoms with Crippen LogP contribution in [-0.4, -0.2) is 44.4 Å². The monoisotopic (exact) mass is 199 g/mol. The van der Waals surface area contributed by atoms with Gasteiger partial charge in [-0.1, -0.05) is 0 Å². The number of aromatic nitrogens is 2. The van der Waals surface area contributed by atoms with Crippen molar-refractivity contribution in [3.63, 3.8) is 0 Å². The van der Waals surface area contributed by atoms with Gasteiger partial charge in [-0.15, -0.1) is 0 Å². The van der Waals surface area contributed by atoms with Gasteiger partial charge < -0.3 is 10.0 Å². The second-order valence-electron chi connectivity index (χ2n) is 3.05. The van der Waals surface area contributed by atoms with E-state index in [0.29, 0.717) is 18.8 Å². The van der Waals surface area contributed by atoms with Gasteiger partial charge in [0, 0.05) is 25.6 Å². The Labute approximate surface area is 79.3 Å². The van der Waals surface area contributed by atoms with Crippen LogP contribution in [0.15, 0.2) is 6.20 Å². The lowest BCUT2D eigenvalue weighted by molar-refractivity contribution is 0.0357. The normalized spacial score (nSPS) is 17.2. The summed E-state index contributed by atoms with van der Waals surface area (Å²) in [4.78, 5) is 13.2. The minimum atomic E-state index is -0.0848. The first-order chi connectivity index (χ1) is 6.31. The topological polar surface area (TPSA) is 66.3 Å². The van der Waals surface area contributed by atoms with Crippen LogP contribution in [0.1, 0.15) is 10.5 Å². The smallest absolute Gasteiger partial charge is 0.275 e. The van der Waals surface area contributed by atoms with E-state index in [0.717, 1.165) is 11.7 Å². The molecule has 0 atom stereocenters. The van der Waals surface area contributed by atoms with E-state index in [4.69, 9.17) is 5.11 Å². The van der Waals surface area contributed by atoms with E-state index in [2.05, 4.69) is 8.75 Å². The molecular formula is C7H9N3O2S. The Balaban J connectivity index is 1.94. The third-order valence-corrected chi connectivity index (χ3v) is 2.56. The summed E-state index contributed by atoms with van der Waals surface area (Å²) in [5.74, 6) is 0.161. The fourth-order valence-corrected chi connectivity index (χ4v) is 1.68. The van der Waals surface area contributed by atoms with Crippen molar-refractivity contribution in [2.75, 3.05) is 19.7 Å². The fourth-order valence-electron chi connectivity index (χ4n) is 1.27. The van der Waals surface area contributed by atoms with Crippen molar-refractivity contribution in [3.8, 4) is 0 Å². The number of hydrogen-bond donors (Lipinski definition) is 1. The third-order valence-electron chi connectivity index (χ3n) is 2.08. The molecule has 0 aliphatic carbocycles. The predicted molar refractivity (Wildman–Crippen MR) is 46.4 cm³/mol. The maximum atomic E-state index is 11.5. The Bertz CT molecular complexity index is 295. The Kier molecular flexibility index (Phi) is 2.24. The molecule has 1 aromatic rings. The van der Waals surface area contributed by atoms with Crippen LogP contribution in [-0.2, 0) is 0 Å². The van der Waals surface area contributed by atoms with Crippen molar-refractivity contribution in [2.45, 2.75) is 0 Å². The van der Waals surface area contributed by atoms with Crippen molar-refractivity contribution in [3.05, 3.63) is 11.9 Å². The lowest BCUT2D eigenvalue weighted by atomic mass is 10.0. The van der Waals surface area contributed by atoms with Crippen molar-refractivity contribution in [1.29, 1.82) is 0 Å². The van der Waals surface area contributed by atoms with E-state index in [1.807, 2.05) is 0 Å². The SMILES string of the molecule is O=C(c1cnsn1)N1CC(CO)C1. The molecule has 70 valence electrons. The number of carbonyl (C=O) groups is 1. The zero-order valence-electron chi connectivity index (χ0n) is 6.88. The van der Waals surface area contributed by atoms with Gasteiger partial charge in [0.15, 0.2) is 5.69 Å². The standard InChI is InChI=1S/C7H9N3O2S/c11-4-5-2-10(3-5)7(12)6-1-8-13-9-6/h1,5,11H,2-4H2. The van der Waals surface area contributed by atoms with Gasteiger partial charge in [0.25, 0.3) is 5.91 Å². The number of hydrogen-bond acceptors (Lipinski definition) is 5. The molecule has 1 N–H and O–H groups in total. The number of rotatable bonds is 2. The molecule has 0 saturated carbocycles. The van der Waals surface area contributed by atoms with Crippen molar-refractivity contribution in [2.24, 2.45) is 5.92 Å². The van der Waals surface area contributed by atoms with E-state index in [1.54, 1.807) is 4.90 Å². The molecule has 1 fully saturated rings. The number of carbonyl (C=O) groups excluding carboxylic acids is 1. The zero-order valence-corrected chi connectivity index (χ0v) is 7.70. The first kappa shape index (κ1) is 8.58. The predicted octanol–water partition coefficient (Wildman–Crippen LogP) is -0.398. The maximum absolute atomic E-state index is 11.5. The van der Waals surface area contributed by atoms with Gasteiger partial charge in [0.2, 0.25) is 0 Å². The molecule has 2 heterocycles. The average Bonchev–Trinajstić information content (AvgIpc) is 2.53. The molecule has 1 amide bonds. The largest absolute Gasteiger partial charge is 0.396 e. The van der Waals surface area contributed by atoms with Gasteiger partial charge in [-0.2, -0.15) is 8.75 Å². The molecule has 0 radical (unpaired) electrons. The first-order valence-corrected chi connectivity index (χ1v) is 4.72. The molecule has 0 aromatic carbocycles. The number of amides is 1. The molecule has 0 bridgehead atoms. The summed E-state index contributed by atoms with van der Waals surface area (Å²) in [5, 5.41) is 8.75. The highest BCUT2D eigenvalue weighted by Crippen LogP contribution is 2.17. The summed E-state index contributed by atoms with van der Waals surface area (Å²) in [6.45, 7) is 1.42. The van der Waals surface area contributed by atoms with Crippen molar-refractivity contribution >= 4 is 17.6 Å². The molecule has 1 aliphatic heterocycles. The molecule has 2 rings (SSSR count). The average molecular weight is 199 g/mol. The molecule has 6 heteroatoms. The molecular weight excluding hydrogens is 190 g/mol. The Morgan fingerprint density at radius 2 is 2.54 bits per heavy atom. The number of likely N-dealkylation sites (tertiary alicyclic amines) is 1. The molecule has 1 saturated heterocycles. The van der Waals surface area contributed by atoms with Crippen LogP contribution in [0, 0.1) is 5.92 Å². The summed E-state index contributed by atoms with van der Waals surface area (Å²) in [6, 6.07) is 0. The van der Waals surface area contributed by atoms with Crippen LogP contribution in [0.3, 0.4) is 0 Å². The van der Waals surface area contributed by atoms with E-state index in [-0.39, 0.29) is 18.4 Å². The lowest BCUT2D eigenvalue weighted by Crippen LogP contribution is -2.51. The highest BCUT2D eigenvalue weighted by Gasteiger charge is 2.31. The van der Waals surface area contributed by atoms with E-state index in [1.165, 1.54) is 6.20 Å². The van der Waals surface area contributed by atoms with Crippen molar-refractivity contribution < 1.29 is 9.90 Å². The fraction of sp³-hybridized carbons (Fsp3) is 0.571. The second kappa shape index (κ2) is 3.39. The van der Waals surface area contributed by atoms with Gasteiger partial charge in [-0.3, -0.25) is 4.79 Å². The summed E-state index contributed by atoms with van der Waals surface area (Å²) >= 11 is 1.03. The van der Waals surface area contributed by atoms with Gasteiger partial charge in [0.1, 0.15) is 0 Å². The van der Waals surface area contributed by atoms with Gasteiger partial charge in [0.05, 0.1) is 17.9 Å². The highest BCUT2D eigenvalue weighted by atomic mass is 32.1. The molecule has 1 aliphatic rings. The molecule has 0 spiro atoms.